The maximum absolute atomic E-state index is 9.73. The number of hydrogen-bond donors (Lipinski definition) is 1. The summed E-state index contributed by atoms with van der Waals surface area (Å²) in [5.74, 6) is 0.882. The summed E-state index contributed by atoms with van der Waals surface area (Å²) >= 11 is 0. The second-order valence-corrected chi connectivity index (χ2v) is 5.52. The standard InChI is InChI=1S/C16H25NO3/c1-12-10-17(7-4-8-20-12)11-15-9-14(13(2)18)5-6-16(15)19-3/h5-6,9,12-13,18H,4,7-8,10-11H2,1-3H3. The van der Waals surface area contributed by atoms with Gasteiger partial charge in [-0.15, -0.1) is 0 Å². The summed E-state index contributed by atoms with van der Waals surface area (Å²) in [7, 11) is 1.69. The summed E-state index contributed by atoms with van der Waals surface area (Å²) in [6.07, 6.45) is 0.873. The van der Waals surface area contributed by atoms with Crippen LogP contribution in [-0.4, -0.2) is 42.9 Å². The van der Waals surface area contributed by atoms with E-state index in [1.807, 2.05) is 18.2 Å². The van der Waals surface area contributed by atoms with E-state index in [4.69, 9.17) is 9.47 Å². The van der Waals surface area contributed by atoms with Crippen LogP contribution in [0.3, 0.4) is 0 Å². The molecule has 1 heterocycles. The number of aliphatic hydroxyl groups excluding tert-OH is 1. The molecule has 1 aliphatic heterocycles. The fourth-order valence-corrected chi connectivity index (χ4v) is 2.65. The topological polar surface area (TPSA) is 41.9 Å². The second-order valence-electron chi connectivity index (χ2n) is 5.52. The van der Waals surface area contributed by atoms with Crippen molar-refractivity contribution in [3.8, 4) is 5.75 Å². The molecule has 1 fully saturated rings. The van der Waals surface area contributed by atoms with Gasteiger partial charge in [0.15, 0.2) is 0 Å². The molecule has 20 heavy (non-hydrogen) atoms. The van der Waals surface area contributed by atoms with Crippen molar-refractivity contribution in [2.45, 2.75) is 39.0 Å². The van der Waals surface area contributed by atoms with E-state index in [2.05, 4.69) is 11.8 Å². The lowest BCUT2D eigenvalue weighted by Gasteiger charge is -2.23. The number of aliphatic hydroxyl groups is 1. The van der Waals surface area contributed by atoms with Crippen LogP contribution >= 0.6 is 0 Å². The van der Waals surface area contributed by atoms with E-state index in [1.165, 1.54) is 0 Å². The number of rotatable bonds is 4. The van der Waals surface area contributed by atoms with Crippen LogP contribution in [0.15, 0.2) is 18.2 Å². The molecule has 2 rings (SSSR count). The van der Waals surface area contributed by atoms with E-state index < -0.39 is 6.10 Å². The summed E-state index contributed by atoms with van der Waals surface area (Å²) in [5.41, 5.74) is 2.06. The average molecular weight is 279 g/mol. The van der Waals surface area contributed by atoms with Crippen LogP contribution < -0.4 is 4.74 Å². The molecule has 1 aromatic rings. The molecule has 0 saturated carbocycles. The summed E-state index contributed by atoms with van der Waals surface area (Å²) in [6, 6.07) is 5.90. The molecular formula is C16H25NO3. The molecule has 0 spiro atoms. The Kier molecular flexibility index (Phi) is 5.40. The van der Waals surface area contributed by atoms with Gasteiger partial charge in [-0.2, -0.15) is 0 Å². The minimum Gasteiger partial charge on any atom is -0.496 e. The van der Waals surface area contributed by atoms with Crippen molar-refractivity contribution < 1.29 is 14.6 Å². The van der Waals surface area contributed by atoms with Crippen molar-refractivity contribution in [1.29, 1.82) is 0 Å². The monoisotopic (exact) mass is 279 g/mol. The van der Waals surface area contributed by atoms with Gasteiger partial charge in [-0.05, 0) is 38.0 Å². The molecule has 0 amide bonds. The van der Waals surface area contributed by atoms with Crippen molar-refractivity contribution in [2.24, 2.45) is 0 Å². The van der Waals surface area contributed by atoms with Gasteiger partial charge in [0, 0.05) is 31.8 Å². The van der Waals surface area contributed by atoms with Gasteiger partial charge >= 0.3 is 0 Å². The Hall–Kier alpha value is -1.10. The van der Waals surface area contributed by atoms with E-state index in [-0.39, 0.29) is 6.10 Å². The highest BCUT2D eigenvalue weighted by atomic mass is 16.5. The van der Waals surface area contributed by atoms with Crippen LogP contribution in [0.1, 0.15) is 37.5 Å². The number of hydrogen-bond acceptors (Lipinski definition) is 4. The maximum atomic E-state index is 9.73. The first-order chi connectivity index (χ1) is 9.60. The minimum atomic E-state index is -0.453. The predicted octanol–water partition coefficient (Wildman–Crippen LogP) is 2.36. The average Bonchev–Trinajstić information content (AvgIpc) is 2.63. The highest BCUT2D eigenvalue weighted by Gasteiger charge is 2.17. The normalized spacial score (nSPS) is 22.3. The van der Waals surface area contributed by atoms with Gasteiger partial charge in [0.25, 0.3) is 0 Å². The van der Waals surface area contributed by atoms with Crippen LogP contribution in [0.5, 0.6) is 5.75 Å². The Labute approximate surface area is 121 Å². The highest BCUT2D eigenvalue weighted by Crippen LogP contribution is 2.25. The first-order valence-corrected chi connectivity index (χ1v) is 7.29. The van der Waals surface area contributed by atoms with Gasteiger partial charge in [0.1, 0.15) is 5.75 Å². The van der Waals surface area contributed by atoms with Crippen LogP contribution in [0, 0.1) is 0 Å². The molecule has 4 nitrogen and oxygen atoms in total. The van der Waals surface area contributed by atoms with E-state index >= 15 is 0 Å². The van der Waals surface area contributed by atoms with E-state index in [0.29, 0.717) is 0 Å². The van der Waals surface area contributed by atoms with Crippen molar-refractivity contribution >= 4 is 0 Å². The molecule has 1 aliphatic rings. The zero-order valence-electron chi connectivity index (χ0n) is 12.6. The molecule has 2 unspecified atom stereocenters. The lowest BCUT2D eigenvalue weighted by Crippen LogP contribution is -2.30. The summed E-state index contributed by atoms with van der Waals surface area (Å²) in [4.78, 5) is 2.39. The largest absolute Gasteiger partial charge is 0.496 e. The molecule has 4 heteroatoms. The number of methoxy groups -OCH3 is 1. The van der Waals surface area contributed by atoms with Gasteiger partial charge in [-0.3, -0.25) is 4.90 Å². The van der Waals surface area contributed by atoms with Gasteiger partial charge < -0.3 is 14.6 Å². The van der Waals surface area contributed by atoms with E-state index in [1.54, 1.807) is 14.0 Å². The minimum absolute atomic E-state index is 0.267. The van der Waals surface area contributed by atoms with Crippen molar-refractivity contribution in [2.75, 3.05) is 26.8 Å². The third kappa shape index (κ3) is 3.95. The van der Waals surface area contributed by atoms with Crippen LogP contribution in [0.25, 0.3) is 0 Å². The molecule has 0 aliphatic carbocycles. The zero-order chi connectivity index (χ0) is 14.5. The quantitative estimate of drug-likeness (QED) is 0.918. The van der Waals surface area contributed by atoms with Crippen molar-refractivity contribution in [1.82, 2.24) is 4.90 Å². The second kappa shape index (κ2) is 7.07. The SMILES string of the molecule is COc1ccc(C(C)O)cc1CN1CCCOC(C)C1. The molecule has 1 N–H and O–H groups in total. The molecule has 1 saturated heterocycles. The Bertz CT molecular complexity index is 434. The van der Waals surface area contributed by atoms with Crippen molar-refractivity contribution in [3.05, 3.63) is 29.3 Å². The van der Waals surface area contributed by atoms with Crippen LogP contribution in [0.4, 0.5) is 0 Å². The van der Waals surface area contributed by atoms with E-state index in [9.17, 15) is 5.11 Å². The van der Waals surface area contributed by atoms with Gasteiger partial charge in [0.05, 0.1) is 19.3 Å². The zero-order valence-corrected chi connectivity index (χ0v) is 12.6. The summed E-state index contributed by atoms with van der Waals surface area (Å²) in [6.45, 7) is 7.53. The fourth-order valence-electron chi connectivity index (χ4n) is 2.65. The molecule has 0 aromatic heterocycles. The Morgan fingerprint density at radius 2 is 2.30 bits per heavy atom. The van der Waals surface area contributed by atoms with Crippen molar-refractivity contribution in [3.63, 3.8) is 0 Å². The van der Waals surface area contributed by atoms with E-state index in [0.717, 1.165) is 49.5 Å². The first-order valence-electron chi connectivity index (χ1n) is 7.29. The molecule has 0 bridgehead atoms. The lowest BCUT2D eigenvalue weighted by atomic mass is 10.1. The van der Waals surface area contributed by atoms with Crippen LogP contribution in [0.2, 0.25) is 0 Å². The van der Waals surface area contributed by atoms with Gasteiger partial charge in [0.2, 0.25) is 0 Å². The summed E-state index contributed by atoms with van der Waals surface area (Å²) < 4.78 is 11.1. The van der Waals surface area contributed by atoms with Gasteiger partial charge in [-0.25, -0.2) is 0 Å². The lowest BCUT2D eigenvalue weighted by molar-refractivity contribution is 0.0667. The summed E-state index contributed by atoms with van der Waals surface area (Å²) in [5, 5.41) is 9.73. The molecule has 0 radical (unpaired) electrons. The molecule has 112 valence electrons. The fraction of sp³-hybridized carbons (Fsp3) is 0.625. The Morgan fingerprint density at radius 1 is 1.50 bits per heavy atom. The third-order valence-electron chi connectivity index (χ3n) is 3.72. The molecule has 1 aromatic carbocycles. The molecule has 2 atom stereocenters. The molecular weight excluding hydrogens is 254 g/mol. The third-order valence-corrected chi connectivity index (χ3v) is 3.72. The first kappa shape index (κ1) is 15.3. The van der Waals surface area contributed by atoms with Gasteiger partial charge in [-0.1, -0.05) is 6.07 Å². The number of nitrogens with zero attached hydrogens (tertiary/aromatic N) is 1. The number of ether oxygens (including phenoxy) is 2. The Balaban J connectivity index is 2.15. The smallest absolute Gasteiger partial charge is 0.123 e. The van der Waals surface area contributed by atoms with Crippen LogP contribution in [-0.2, 0) is 11.3 Å². The number of benzene rings is 1. The Morgan fingerprint density at radius 3 is 3.00 bits per heavy atom. The highest BCUT2D eigenvalue weighted by molar-refractivity contribution is 5.38. The maximum Gasteiger partial charge on any atom is 0.123 e. The predicted molar refractivity (Wildman–Crippen MR) is 78.9 cm³/mol.